The summed E-state index contributed by atoms with van der Waals surface area (Å²) in [6.45, 7) is 0. The number of amides is 1. The fourth-order valence-corrected chi connectivity index (χ4v) is 4.20. The van der Waals surface area contributed by atoms with Crippen LogP contribution in [0.25, 0.3) is 0 Å². The summed E-state index contributed by atoms with van der Waals surface area (Å²) in [6.07, 6.45) is 7.16. The number of fused-ring (bicyclic) bond motifs is 1. The van der Waals surface area contributed by atoms with E-state index in [4.69, 9.17) is 10.5 Å². The lowest BCUT2D eigenvalue weighted by Gasteiger charge is -2.37. The lowest BCUT2D eigenvalue weighted by molar-refractivity contribution is 0.0645. The summed E-state index contributed by atoms with van der Waals surface area (Å²) in [6, 6.07) is 11.5. The number of pyridine rings is 2. The van der Waals surface area contributed by atoms with Crippen molar-refractivity contribution in [3.8, 4) is 0 Å². The van der Waals surface area contributed by atoms with E-state index in [0.29, 0.717) is 0 Å². The average Bonchev–Trinajstić information content (AvgIpc) is 2.71. The summed E-state index contributed by atoms with van der Waals surface area (Å²) in [7, 11) is 0. The third-order valence-corrected chi connectivity index (χ3v) is 5.39. The largest absolute Gasteiger partial charge is 0.446 e. The first-order valence-corrected chi connectivity index (χ1v) is 9.68. The molecule has 0 radical (unpaired) electrons. The van der Waals surface area contributed by atoms with Crippen LogP contribution >= 0.6 is 0 Å². The number of nitrogens with two attached hydrogens (primary N) is 1. The summed E-state index contributed by atoms with van der Waals surface area (Å²) in [5.41, 5.74) is 8.55. The highest BCUT2D eigenvalue weighted by molar-refractivity contribution is 6.10. The second-order valence-electron chi connectivity index (χ2n) is 7.15. The monoisotopic (exact) mass is 377 g/mol. The van der Waals surface area contributed by atoms with Gasteiger partial charge in [0.2, 0.25) is 0 Å². The van der Waals surface area contributed by atoms with Crippen LogP contribution in [0.2, 0.25) is 0 Å². The van der Waals surface area contributed by atoms with Gasteiger partial charge in [-0.1, -0.05) is 25.0 Å². The number of nitrogens with zero attached hydrogens (tertiary/aromatic N) is 4. The number of carbonyl (C=O) groups is 1. The van der Waals surface area contributed by atoms with Gasteiger partial charge in [0.05, 0.1) is 28.7 Å². The lowest BCUT2D eigenvalue weighted by atomic mass is 9.72. The van der Waals surface area contributed by atoms with Crippen LogP contribution in [-0.2, 0) is 4.74 Å². The lowest BCUT2D eigenvalue weighted by Crippen LogP contribution is -2.45. The Balaban J connectivity index is 1.82. The molecule has 1 amide bonds. The number of primary amides is 1. The third kappa shape index (κ3) is 3.78. The Bertz CT molecular complexity index is 882. The maximum Gasteiger partial charge on any atom is 0.404 e. The predicted molar refractivity (Wildman–Crippen MR) is 106 cm³/mol. The summed E-state index contributed by atoms with van der Waals surface area (Å²) in [5.74, 6) is -0.119. The molecular weight excluding hydrogens is 354 g/mol. The van der Waals surface area contributed by atoms with Crippen molar-refractivity contribution in [1.29, 1.82) is 0 Å². The molecule has 7 heteroatoms. The van der Waals surface area contributed by atoms with Crippen molar-refractivity contribution in [2.24, 2.45) is 27.8 Å². The first-order valence-electron chi connectivity index (χ1n) is 9.68. The van der Waals surface area contributed by atoms with E-state index < -0.39 is 6.09 Å². The van der Waals surface area contributed by atoms with E-state index >= 15 is 0 Å². The molecule has 3 atom stereocenters. The van der Waals surface area contributed by atoms with Crippen LogP contribution in [0.4, 0.5) is 4.79 Å². The van der Waals surface area contributed by atoms with E-state index in [-0.39, 0.29) is 17.9 Å². The average molecular weight is 377 g/mol. The van der Waals surface area contributed by atoms with Crippen LogP contribution in [0.3, 0.4) is 0 Å². The number of hydrogen-bond acceptors (Lipinski definition) is 6. The van der Waals surface area contributed by atoms with Crippen molar-refractivity contribution in [3.05, 3.63) is 60.2 Å². The minimum absolute atomic E-state index is 0.0362. The van der Waals surface area contributed by atoms with Crippen molar-refractivity contribution in [3.63, 3.8) is 0 Å². The van der Waals surface area contributed by atoms with Gasteiger partial charge in [-0.05, 0) is 43.5 Å². The maximum absolute atomic E-state index is 11.6. The molecule has 3 heterocycles. The van der Waals surface area contributed by atoms with Gasteiger partial charge in [0.15, 0.2) is 0 Å². The second-order valence-corrected chi connectivity index (χ2v) is 7.15. The first-order chi connectivity index (χ1) is 13.7. The van der Waals surface area contributed by atoms with Crippen molar-refractivity contribution < 1.29 is 9.53 Å². The van der Waals surface area contributed by atoms with Gasteiger partial charge < -0.3 is 10.5 Å². The zero-order chi connectivity index (χ0) is 19.3. The van der Waals surface area contributed by atoms with Crippen LogP contribution in [0.15, 0.2) is 59.0 Å². The second kappa shape index (κ2) is 8.29. The molecule has 7 nitrogen and oxygen atoms in total. The van der Waals surface area contributed by atoms with E-state index in [1.165, 1.54) is 0 Å². The van der Waals surface area contributed by atoms with Crippen LogP contribution in [0.5, 0.6) is 0 Å². The van der Waals surface area contributed by atoms with Crippen molar-refractivity contribution >= 4 is 17.5 Å². The highest BCUT2D eigenvalue weighted by Crippen LogP contribution is 2.37. The normalized spacial score (nSPS) is 24.8. The van der Waals surface area contributed by atoms with Crippen LogP contribution < -0.4 is 5.73 Å². The van der Waals surface area contributed by atoms with Gasteiger partial charge in [-0.15, -0.1) is 0 Å². The van der Waals surface area contributed by atoms with Crippen LogP contribution in [0.1, 0.15) is 43.5 Å². The molecule has 0 saturated heterocycles. The molecule has 1 saturated carbocycles. The number of carbonyl (C=O) groups excluding carboxylic acids is 1. The zero-order valence-corrected chi connectivity index (χ0v) is 15.6. The Morgan fingerprint density at radius 1 is 0.893 bits per heavy atom. The summed E-state index contributed by atoms with van der Waals surface area (Å²) < 4.78 is 5.59. The van der Waals surface area contributed by atoms with Crippen molar-refractivity contribution in [1.82, 2.24) is 9.97 Å². The SMILES string of the molecule is NC(=O)OC1CCCCCC2C(c3ccccn3)=NN=C(c3ccccn3)C12. The quantitative estimate of drug-likeness (QED) is 0.886. The fraction of sp³-hybridized carbons (Fsp3) is 0.381. The van der Waals surface area contributed by atoms with E-state index in [0.717, 1.165) is 54.9 Å². The van der Waals surface area contributed by atoms with Gasteiger partial charge >= 0.3 is 6.09 Å². The molecule has 1 fully saturated rings. The standard InChI is InChI=1S/C21H23N5O2/c22-21(27)28-17-11-3-1-2-8-14-18(17)20(16-10-5-7-13-24-16)26-25-19(14)15-9-4-6-12-23-15/h4-7,9-10,12-14,17-18H,1-3,8,11H2,(H2,22,27). The van der Waals surface area contributed by atoms with Gasteiger partial charge in [-0.25, -0.2) is 4.79 Å². The van der Waals surface area contributed by atoms with Crippen molar-refractivity contribution in [2.75, 3.05) is 0 Å². The van der Waals surface area contributed by atoms with Crippen molar-refractivity contribution in [2.45, 2.75) is 38.2 Å². The van der Waals surface area contributed by atoms with Gasteiger partial charge in [0, 0.05) is 18.3 Å². The predicted octanol–water partition coefficient (Wildman–Crippen LogP) is 3.34. The Kier molecular flexibility index (Phi) is 5.41. The Morgan fingerprint density at radius 2 is 1.54 bits per heavy atom. The summed E-state index contributed by atoms with van der Waals surface area (Å²) >= 11 is 0. The Labute approximate surface area is 163 Å². The molecule has 2 N–H and O–H groups in total. The maximum atomic E-state index is 11.6. The van der Waals surface area contributed by atoms with E-state index in [1.807, 2.05) is 36.4 Å². The molecule has 4 rings (SSSR count). The molecule has 3 unspecified atom stereocenters. The van der Waals surface area contributed by atoms with Crippen LogP contribution in [0, 0.1) is 11.8 Å². The van der Waals surface area contributed by atoms with Crippen LogP contribution in [-0.4, -0.2) is 33.6 Å². The molecule has 28 heavy (non-hydrogen) atoms. The minimum atomic E-state index is -0.758. The van der Waals surface area contributed by atoms with Gasteiger partial charge in [0.1, 0.15) is 6.10 Å². The van der Waals surface area contributed by atoms with E-state index in [1.54, 1.807) is 12.4 Å². The molecule has 1 aliphatic heterocycles. The molecule has 0 aromatic carbocycles. The molecule has 1 aliphatic carbocycles. The van der Waals surface area contributed by atoms with Gasteiger partial charge in [-0.3, -0.25) is 9.97 Å². The smallest absolute Gasteiger partial charge is 0.404 e. The third-order valence-electron chi connectivity index (χ3n) is 5.39. The van der Waals surface area contributed by atoms with Gasteiger partial charge in [-0.2, -0.15) is 10.2 Å². The Hall–Kier alpha value is -3.09. The topological polar surface area (TPSA) is 103 Å². The number of ether oxygens (including phenoxy) is 1. The molecule has 2 aliphatic rings. The minimum Gasteiger partial charge on any atom is -0.446 e. The summed E-state index contributed by atoms with van der Waals surface area (Å²) in [4.78, 5) is 20.6. The number of aromatic nitrogens is 2. The van der Waals surface area contributed by atoms with Gasteiger partial charge in [0.25, 0.3) is 0 Å². The fourth-order valence-electron chi connectivity index (χ4n) is 4.20. The molecule has 2 aromatic heterocycles. The number of rotatable bonds is 3. The molecule has 0 spiro atoms. The highest BCUT2D eigenvalue weighted by atomic mass is 16.6. The highest BCUT2D eigenvalue weighted by Gasteiger charge is 2.42. The first kappa shape index (κ1) is 18.3. The van der Waals surface area contributed by atoms with E-state index in [9.17, 15) is 4.79 Å². The summed E-state index contributed by atoms with van der Waals surface area (Å²) in [5, 5.41) is 9.10. The Morgan fingerprint density at radius 3 is 2.18 bits per heavy atom. The molecular formula is C21H23N5O2. The number of hydrogen-bond donors (Lipinski definition) is 1. The molecule has 0 bridgehead atoms. The van der Waals surface area contributed by atoms with E-state index in [2.05, 4.69) is 20.2 Å². The molecule has 2 aromatic rings. The molecule has 144 valence electrons. The zero-order valence-electron chi connectivity index (χ0n) is 15.6.